The molecule has 2 N–H and O–H groups in total. The van der Waals surface area contributed by atoms with Crippen molar-refractivity contribution in [2.45, 2.75) is 32.6 Å². The van der Waals surface area contributed by atoms with Crippen molar-refractivity contribution in [1.82, 2.24) is 30.1 Å². The van der Waals surface area contributed by atoms with E-state index in [1.54, 1.807) is 0 Å². The normalized spacial score (nSPS) is 16.0. The molecule has 4 rings (SSSR count). The second kappa shape index (κ2) is 13.3. The van der Waals surface area contributed by atoms with E-state index in [9.17, 15) is 4.79 Å². The zero-order valence-electron chi connectivity index (χ0n) is 19.7. The molecular weight excluding hydrogens is 541 g/mol. The van der Waals surface area contributed by atoms with Gasteiger partial charge in [-0.15, -0.1) is 34.2 Å². The fourth-order valence-corrected chi connectivity index (χ4v) is 4.18. The fourth-order valence-electron chi connectivity index (χ4n) is 4.18. The molecule has 1 atom stereocenters. The van der Waals surface area contributed by atoms with Crippen LogP contribution >= 0.6 is 24.0 Å². The summed E-state index contributed by atoms with van der Waals surface area (Å²) in [5.74, 6) is 2.28. The first-order valence-corrected chi connectivity index (χ1v) is 11.9. The van der Waals surface area contributed by atoms with E-state index in [1.807, 2.05) is 51.9 Å². The second-order valence-electron chi connectivity index (χ2n) is 8.44. The van der Waals surface area contributed by atoms with Crippen molar-refractivity contribution in [1.29, 1.82) is 0 Å². The molecule has 0 radical (unpaired) electrons. The van der Waals surface area contributed by atoms with Gasteiger partial charge < -0.3 is 15.5 Å². The first kappa shape index (κ1) is 25.9. The van der Waals surface area contributed by atoms with E-state index in [0.29, 0.717) is 13.0 Å². The van der Waals surface area contributed by atoms with Crippen LogP contribution in [0.15, 0.2) is 59.7 Å². The molecule has 1 amide bonds. The Morgan fingerprint density at radius 2 is 1.91 bits per heavy atom. The van der Waals surface area contributed by atoms with Gasteiger partial charge in [0.2, 0.25) is 5.91 Å². The van der Waals surface area contributed by atoms with Crippen molar-refractivity contribution < 1.29 is 4.79 Å². The molecule has 1 fully saturated rings. The predicted molar refractivity (Wildman–Crippen MR) is 146 cm³/mol. The molecule has 3 aromatic rings. The van der Waals surface area contributed by atoms with E-state index in [0.717, 1.165) is 62.9 Å². The molecule has 2 aromatic heterocycles. The maximum absolute atomic E-state index is 12.4. The minimum Gasteiger partial charge on any atom is -0.357 e. The van der Waals surface area contributed by atoms with Gasteiger partial charge in [0.25, 0.3) is 0 Å². The van der Waals surface area contributed by atoms with Crippen molar-refractivity contribution in [2.24, 2.45) is 10.9 Å². The number of aliphatic imine (C=N–C) groups is 1. The van der Waals surface area contributed by atoms with Crippen LogP contribution in [-0.4, -0.2) is 64.1 Å². The van der Waals surface area contributed by atoms with Gasteiger partial charge in [-0.2, -0.15) is 0 Å². The highest BCUT2D eigenvalue weighted by atomic mass is 127. The number of fused-ring (bicyclic) bond motifs is 1. The Morgan fingerprint density at radius 1 is 1.09 bits per heavy atom. The molecule has 182 valence electrons. The summed E-state index contributed by atoms with van der Waals surface area (Å²) >= 11 is 0. The van der Waals surface area contributed by atoms with Gasteiger partial charge in [-0.05, 0) is 37.5 Å². The molecule has 8 nitrogen and oxygen atoms in total. The maximum atomic E-state index is 12.4. The molecule has 0 bridgehead atoms. The SMILES string of the molecule is CCNC(=NCC1CC(=O)N(CCc2ccccc2)C1)NCCCc1nnc2ccccn12.I. The van der Waals surface area contributed by atoms with Crippen LogP contribution in [0.25, 0.3) is 5.65 Å². The lowest BCUT2D eigenvalue weighted by atomic mass is 10.1. The molecular formula is C25H34IN7O. The van der Waals surface area contributed by atoms with E-state index in [1.165, 1.54) is 5.56 Å². The van der Waals surface area contributed by atoms with Gasteiger partial charge >= 0.3 is 0 Å². The number of aromatic nitrogens is 3. The molecule has 0 aliphatic carbocycles. The summed E-state index contributed by atoms with van der Waals surface area (Å²) in [5.41, 5.74) is 2.14. The van der Waals surface area contributed by atoms with Crippen molar-refractivity contribution in [3.63, 3.8) is 0 Å². The van der Waals surface area contributed by atoms with Crippen LogP contribution < -0.4 is 10.6 Å². The maximum Gasteiger partial charge on any atom is 0.223 e. The number of aryl methyl sites for hydroxylation is 1. The van der Waals surface area contributed by atoms with Gasteiger partial charge in [-0.25, -0.2) is 0 Å². The van der Waals surface area contributed by atoms with E-state index >= 15 is 0 Å². The lowest BCUT2D eigenvalue weighted by molar-refractivity contribution is -0.127. The molecule has 1 aliphatic heterocycles. The number of halogens is 1. The van der Waals surface area contributed by atoms with Crippen LogP contribution in [0.1, 0.15) is 31.2 Å². The smallest absolute Gasteiger partial charge is 0.223 e. The Hall–Kier alpha value is -2.69. The van der Waals surface area contributed by atoms with E-state index in [4.69, 9.17) is 4.99 Å². The van der Waals surface area contributed by atoms with Gasteiger partial charge in [0, 0.05) is 57.7 Å². The van der Waals surface area contributed by atoms with Crippen LogP contribution in [0.4, 0.5) is 0 Å². The number of hydrogen-bond acceptors (Lipinski definition) is 4. The minimum absolute atomic E-state index is 0. The number of benzene rings is 1. The Bertz CT molecular complexity index is 1070. The van der Waals surface area contributed by atoms with Gasteiger partial charge in [-0.3, -0.25) is 14.2 Å². The second-order valence-corrected chi connectivity index (χ2v) is 8.44. The van der Waals surface area contributed by atoms with Crippen molar-refractivity contribution in [3.05, 3.63) is 66.1 Å². The van der Waals surface area contributed by atoms with Crippen LogP contribution in [-0.2, 0) is 17.6 Å². The highest BCUT2D eigenvalue weighted by Crippen LogP contribution is 2.18. The molecule has 34 heavy (non-hydrogen) atoms. The van der Waals surface area contributed by atoms with Crippen LogP contribution in [0.3, 0.4) is 0 Å². The Kier molecular flexibility index (Phi) is 10.1. The number of amides is 1. The summed E-state index contributed by atoms with van der Waals surface area (Å²) in [5, 5.41) is 15.2. The van der Waals surface area contributed by atoms with Crippen molar-refractivity contribution >= 4 is 41.5 Å². The standard InChI is InChI=1S/C25H33N7O.HI/c1-2-26-25(27-14-8-12-23-30-29-22-11-6-7-15-32(22)23)28-18-21-17-24(33)31(19-21)16-13-20-9-4-3-5-10-20;/h3-7,9-11,15,21H,2,8,12-14,16-19H2,1H3,(H2,26,27,28);1H. The van der Waals surface area contributed by atoms with Gasteiger partial charge in [-0.1, -0.05) is 36.4 Å². The third-order valence-corrected chi connectivity index (χ3v) is 5.91. The van der Waals surface area contributed by atoms with Crippen LogP contribution in [0.2, 0.25) is 0 Å². The number of guanidine groups is 1. The topological polar surface area (TPSA) is 86.9 Å². The molecule has 3 heterocycles. The predicted octanol–water partition coefficient (Wildman–Crippen LogP) is 2.93. The van der Waals surface area contributed by atoms with E-state index in [-0.39, 0.29) is 35.8 Å². The van der Waals surface area contributed by atoms with Crippen LogP contribution in [0, 0.1) is 5.92 Å². The van der Waals surface area contributed by atoms with Crippen LogP contribution in [0.5, 0.6) is 0 Å². The zero-order valence-corrected chi connectivity index (χ0v) is 22.0. The number of carbonyl (C=O) groups is 1. The third-order valence-electron chi connectivity index (χ3n) is 5.91. The number of pyridine rings is 1. The Balaban J connectivity index is 0.00000324. The fraction of sp³-hybridized carbons (Fsp3) is 0.440. The molecule has 9 heteroatoms. The monoisotopic (exact) mass is 575 g/mol. The van der Waals surface area contributed by atoms with Gasteiger partial charge in [0.1, 0.15) is 5.82 Å². The molecule has 0 spiro atoms. The van der Waals surface area contributed by atoms with Crippen molar-refractivity contribution in [2.75, 3.05) is 32.7 Å². The van der Waals surface area contributed by atoms with Gasteiger partial charge in [0.15, 0.2) is 11.6 Å². The van der Waals surface area contributed by atoms with Crippen molar-refractivity contribution in [3.8, 4) is 0 Å². The Labute approximate surface area is 218 Å². The average Bonchev–Trinajstić information content (AvgIpc) is 3.42. The summed E-state index contributed by atoms with van der Waals surface area (Å²) < 4.78 is 2.03. The lowest BCUT2D eigenvalue weighted by Crippen LogP contribution is -2.38. The summed E-state index contributed by atoms with van der Waals surface area (Å²) in [6.45, 7) is 5.86. The number of hydrogen-bond donors (Lipinski definition) is 2. The third kappa shape index (κ3) is 7.15. The molecule has 1 aromatic carbocycles. The highest BCUT2D eigenvalue weighted by Gasteiger charge is 2.29. The number of nitrogens with zero attached hydrogens (tertiary/aromatic N) is 5. The molecule has 0 saturated carbocycles. The first-order chi connectivity index (χ1) is 16.2. The quantitative estimate of drug-likeness (QED) is 0.168. The largest absolute Gasteiger partial charge is 0.357 e. The number of carbonyl (C=O) groups excluding carboxylic acids is 1. The number of nitrogens with one attached hydrogen (secondary N) is 2. The number of rotatable bonds is 10. The number of likely N-dealkylation sites (tertiary alicyclic amines) is 1. The minimum atomic E-state index is 0. The lowest BCUT2D eigenvalue weighted by Gasteiger charge is -2.16. The summed E-state index contributed by atoms with van der Waals surface area (Å²) in [6.07, 6.45) is 5.24. The zero-order chi connectivity index (χ0) is 22.9. The Morgan fingerprint density at radius 3 is 2.74 bits per heavy atom. The van der Waals surface area contributed by atoms with E-state index in [2.05, 4.69) is 39.9 Å². The summed E-state index contributed by atoms with van der Waals surface area (Å²) in [6, 6.07) is 16.3. The van der Waals surface area contributed by atoms with E-state index < -0.39 is 0 Å². The first-order valence-electron chi connectivity index (χ1n) is 11.9. The average molecular weight is 575 g/mol. The molecule has 1 saturated heterocycles. The highest BCUT2D eigenvalue weighted by molar-refractivity contribution is 14.0. The molecule has 1 aliphatic rings. The summed E-state index contributed by atoms with van der Waals surface area (Å²) in [4.78, 5) is 19.2. The molecule has 1 unspecified atom stereocenters. The van der Waals surface area contributed by atoms with Gasteiger partial charge in [0.05, 0.1) is 0 Å². The summed E-state index contributed by atoms with van der Waals surface area (Å²) in [7, 11) is 0.